The first-order valence-corrected chi connectivity index (χ1v) is 10.8. The maximum Gasteiger partial charge on any atom is 0.119 e. The van der Waals surface area contributed by atoms with Crippen molar-refractivity contribution in [1.82, 2.24) is 9.80 Å². The minimum atomic E-state index is 0.277. The maximum atomic E-state index is 9.53. The van der Waals surface area contributed by atoms with Crippen LogP contribution in [0, 0.1) is 0 Å². The summed E-state index contributed by atoms with van der Waals surface area (Å²) in [5, 5.41) is 9.53. The molecule has 0 unspecified atom stereocenters. The molecule has 2 aliphatic rings. The van der Waals surface area contributed by atoms with Crippen LogP contribution in [0.1, 0.15) is 31.7 Å². The molecule has 5 heteroatoms. The summed E-state index contributed by atoms with van der Waals surface area (Å²) in [6, 6.07) is 9.69. The molecule has 0 spiro atoms. The lowest BCUT2D eigenvalue weighted by Crippen LogP contribution is -2.56. The molecule has 1 aromatic carbocycles. The van der Waals surface area contributed by atoms with Gasteiger partial charge in [-0.3, -0.25) is 9.80 Å². The zero-order valence-corrected chi connectivity index (χ0v) is 16.2. The van der Waals surface area contributed by atoms with E-state index in [-0.39, 0.29) is 6.61 Å². The van der Waals surface area contributed by atoms with Gasteiger partial charge < -0.3 is 9.84 Å². The van der Waals surface area contributed by atoms with Gasteiger partial charge in [-0.05, 0) is 55.4 Å². The van der Waals surface area contributed by atoms with Gasteiger partial charge in [-0.25, -0.2) is 0 Å². The topological polar surface area (TPSA) is 35.9 Å². The van der Waals surface area contributed by atoms with Gasteiger partial charge in [0.1, 0.15) is 5.75 Å². The first-order chi connectivity index (χ1) is 12.3. The summed E-state index contributed by atoms with van der Waals surface area (Å²) in [6.45, 7) is 7.32. The van der Waals surface area contributed by atoms with Crippen molar-refractivity contribution in [3.8, 4) is 5.75 Å². The van der Waals surface area contributed by atoms with Crippen molar-refractivity contribution in [3.63, 3.8) is 0 Å². The van der Waals surface area contributed by atoms with E-state index in [0.717, 1.165) is 44.4 Å². The number of rotatable bonds is 7. The van der Waals surface area contributed by atoms with Crippen LogP contribution in [0.15, 0.2) is 24.3 Å². The van der Waals surface area contributed by atoms with E-state index in [1.807, 2.05) is 6.92 Å². The van der Waals surface area contributed by atoms with Crippen LogP contribution in [0.4, 0.5) is 0 Å². The van der Waals surface area contributed by atoms with Crippen molar-refractivity contribution >= 4 is 11.8 Å². The van der Waals surface area contributed by atoms with Gasteiger partial charge in [0.05, 0.1) is 6.61 Å². The van der Waals surface area contributed by atoms with Crippen molar-refractivity contribution in [3.05, 3.63) is 29.8 Å². The number of nitrogens with zero attached hydrogens (tertiary/aromatic N) is 2. The Hall–Kier alpha value is -0.750. The zero-order chi connectivity index (χ0) is 17.5. The lowest BCUT2D eigenvalue weighted by Gasteiger charge is -2.45. The predicted molar refractivity (Wildman–Crippen MR) is 105 cm³/mol. The quantitative estimate of drug-likeness (QED) is 0.805. The monoisotopic (exact) mass is 364 g/mol. The number of thioether (sulfide) groups is 1. The van der Waals surface area contributed by atoms with Crippen LogP contribution in [0.5, 0.6) is 5.75 Å². The van der Waals surface area contributed by atoms with Crippen molar-refractivity contribution in [2.45, 2.75) is 44.8 Å². The van der Waals surface area contributed by atoms with Gasteiger partial charge in [0.2, 0.25) is 0 Å². The predicted octanol–water partition coefficient (Wildman–Crippen LogP) is 2.85. The number of aliphatic hydroxyl groups excluding tert-OH is 1. The Morgan fingerprint density at radius 2 is 1.92 bits per heavy atom. The van der Waals surface area contributed by atoms with Crippen LogP contribution >= 0.6 is 11.8 Å². The molecule has 0 radical (unpaired) electrons. The third kappa shape index (κ3) is 5.36. The molecule has 4 nitrogen and oxygen atoms in total. The van der Waals surface area contributed by atoms with Crippen molar-refractivity contribution in [1.29, 1.82) is 0 Å². The highest BCUT2D eigenvalue weighted by Crippen LogP contribution is 2.26. The second kappa shape index (κ2) is 9.81. The Kier molecular flexibility index (Phi) is 7.47. The average molecular weight is 365 g/mol. The molecule has 140 valence electrons. The Labute approximate surface area is 156 Å². The van der Waals surface area contributed by atoms with E-state index in [1.54, 1.807) is 0 Å². The fourth-order valence-electron chi connectivity index (χ4n) is 4.02. The van der Waals surface area contributed by atoms with E-state index in [4.69, 9.17) is 4.74 Å². The van der Waals surface area contributed by atoms with Gasteiger partial charge in [0.15, 0.2) is 0 Å². The summed E-state index contributed by atoms with van der Waals surface area (Å²) >= 11 is 2.09. The summed E-state index contributed by atoms with van der Waals surface area (Å²) in [6.07, 6.45) is 3.53. The van der Waals surface area contributed by atoms with Gasteiger partial charge in [-0.2, -0.15) is 11.8 Å². The summed E-state index contributed by atoms with van der Waals surface area (Å²) in [5.74, 6) is 3.56. The van der Waals surface area contributed by atoms with E-state index in [9.17, 15) is 5.11 Å². The number of benzene rings is 1. The number of aliphatic hydroxyl groups is 1. The lowest BCUT2D eigenvalue weighted by molar-refractivity contribution is 0.0292. The normalized spacial score (nSPS) is 23.7. The molecule has 1 atom stereocenters. The standard InChI is InChI=1S/C20H32N2O2S/c1-2-24-20-5-3-17(4-6-20)15-21-10-11-22(16-19(21)7-12-23)18-8-13-25-14-9-18/h3-6,18-19,23H,2,7-16H2,1H3/t19-/m0/s1. The highest BCUT2D eigenvalue weighted by atomic mass is 32.2. The number of hydrogen-bond acceptors (Lipinski definition) is 5. The summed E-state index contributed by atoms with van der Waals surface area (Å²) in [7, 11) is 0. The molecule has 1 aromatic rings. The molecule has 2 fully saturated rings. The molecule has 2 heterocycles. The van der Waals surface area contributed by atoms with E-state index in [0.29, 0.717) is 12.6 Å². The Morgan fingerprint density at radius 3 is 2.60 bits per heavy atom. The van der Waals surface area contributed by atoms with Crippen molar-refractivity contribution in [2.24, 2.45) is 0 Å². The summed E-state index contributed by atoms with van der Waals surface area (Å²) < 4.78 is 5.54. The minimum absolute atomic E-state index is 0.277. The number of ether oxygens (including phenoxy) is 1. The molecule has 2 saturated heterocycles. The van der Waals surface area contributed by atoms with Gasteiger partial charge in [0.25, 0.3) is 0 Å². The average Bonchev–Trinajstić information content (AvgIpc) is 2.66. The van der Waals surface area contributed by atoms with Crippen LogP contribution in [-0.2, 0) is 6.54 Å². The molecule has 0 saturated carbocycles. The Balaban J connectivity index is 1.58. The fraction of sp³-hybridized carbons (Fsp3) is 0.700. The minimum Gasteiger partial charge on any atom is -0.494 e. The van der Waals surface area contributed by atoms with Gasteiger partial charge in [-0.1, -0.05) is 12.1 Å². The molecule has 25 heavy (non-hydrogen) atoms. The number of piperazine rings is 1. The molecular formula is C20H32N2O2S. The molecule has 0 aliphatic carbocycles. The second-order valence-electron chi connectivity index (χ2n) is 7.05. The number of hydrogen-bond donors (Lipinski definition) is 1. The summed E-state index contributed by atoms with van der Waals surface area (Å²) in [5.41, 5.74) is 1.33. The summed E-state index contributed by atoms with van der Waals surface area (Å²) in [4.78, 5) is 5.24. The van der Waals surface area contributed by atoms with Gasteiger partial charge in [-0.15, -0.1) is 0 Å². The third-order valence-electron chi connectivity index (χ3n) is 5.43. The molecule has 3 rings (SSSR count). The van der Waals surface area contributed by atoms with Gasteiger partial charge >= 0.3 is 0 Å². The SMILES string of the molecule is CCOc1ccc(CN2CCN(C3CCSCC3)C[C@@H]2CCO)cc1. The van der Waals surface area contributed by atoms with Gasteiger partial charge in [0, 0.05) is 44.9 Å². The van der Waals surface area contributed by atoms with Crippen molar-refractivity contribution in [2.75, 3.05) is 44.4 Å². The molecule has 0 amide bonds. The molecular weight excluding hydrogens is 332 g/mol. The van der Waals surface area contributed by atoms with Crippen LogP contribution < -0.4 is 4.74 Å². The van der Waals surface area contributed by atoms with Crippen LogP contribution in [0.2, 0.25) is 0 Å². The van der Waals surface area contributed by atoms with E-state index >= 15 is 0 Å². The highest BCUT2D eigenvalue weighted by Gasteiger charge is 2.31. The largest absolute Gasteiger partial charge is 0.494 e. The lowest BCUT2D eigenvalue weighted by atomic mass is 10.0. The van der Waals surface area contributed by atoms with E-state index in [2.05, 4.69) is 45.8 Å². The Morgan fingerprint density at radius 1 is 1.16 bits per heavy atom. The van der Waals surface area contributed by atoms with Crippen LogP contribution in [0.25, 0.3) is 0 Å². The highest BCUT2D eigenvalue weighted by molar-refractivity contribution is 7.99. The maximum absolute atomic E-state index is 9.53. The second-order valence-corrected chi connectivity index (χ2v) is 8.28. The molecule has 2 aliphatic heterocycles. The van der Waals surface area contributed by atoms with E-state index < -0.39 is 0 Å². The molecule has 0 bridgehead atoms. The Bertz CT molecular complexity index is 505. The van der Waals surface area contributed by atoms with Crippen molar-refractivity contribution < 1.29 is 9.84 Å². The zero-order valence-electron chi connectivity index (χ0n) is 15.4. The van der Waals surface area contributed by atoms with Crippen LogP contribution in [0.3, 0.4) is 0 Å². The molecule has 0 aromatic heterocycles. The first kappa shape index (κ1) is 19.0. The van der Waals surface area contributed by atoms with E-state index in [1.165, 1.54) is 29.9 Å². The fourth-order valence-corrected chi connectivity index (χ4v) is 5.10. The molecule has 1 N–H and O–H groups in total. The smallest absolute Gasteiger partial charge is 0.119 e. The van der Waals surface area contributed by atoms with Crippen LogP contribution in [-0.4, -0.2) is 71.3 Å². The third-order valence-corrected chi connectivity index (χ3v) is 6.47. The first-order valence-electron chi connectivity index (χ1n) is 9.68.